The van der Waals surface area contributed by atoms with Crippen LogP contribution in [0.4, 0.5) is 0 Å². The van der Waals surface area contributed by atoms with Gasteiger partial charge in [0.05, 0.1) is 11.4 Å². The molecule has 0 radical (unpaired) electrons. The third kappa shape index (κ3) is 7.93. The zero-order chi connectivity index (χ0) is 21.6. The first-order chi connectivity index (χ1) is 14.7. The van der Waals surface area contributed by atoms with Crippen LogP contribution in [0.25, 0.3) is 11.4 Å². The van der Waals surface area contributed by atoms with Crippen LogP contribution in [0.3, 0.4) is 0 Å². The maximum atomic E-state index is 12.4. The zero-order valence-electron chi connectivity index (χ0n) is 18.2. The fraction of sp³-hybridized carbons (Fsp3) is 0.500. The van der Waals surface area contributed by atoms with Gasteiger partial charge in [0.2, 0.25) is 0 Å². The lowest BCUT2D eigenvalue weighted by Crippen LogP contribution is -2.24. The van der Waals surface area contributed by atoms with Gasteiger partial charge in [-0.1, -0.05) is 52.4 Å². The van der Waals surface area contributed by atoms with Crippen molar-refractivity contribution < 1.29 is 9.59 Å². The van der Waals surface area contributed by atoms with Gasteiger partial charge in [-0.15, -0.1) is 0 Å². The number of aromatic nitrogens is 2. The van der Waals surface area contributed by atoms with Crippen molar-refractivity contribution in [2.24, 2.45) is 0 Å². The van der Waals surface area contributed by atoms with Gasteiger partial charge in [-0.2, -0.15) is 0 Å². The van der Waals surface area contributed by atoms with Crippen molar-refractivity contribution in [3.63, 3.8) is 0 Å². The highest BCUT2D eigenvalue weighted by molar-refractivity contribution is 5.96. The van der Waals surface area contributed by atoms with Gasteiger partial charge < -0.3 is 10.6 Å². The van der Waals surface area contributed by atoms with Crippen molar-refractivity contribution in [2.75, 3.05) is 13.1 Å². The van der Waals surface area contributed by atoms with E-state index in [-0.39, 0.29) is 11.8 Å². The lowest BCUT2D eigenvalue weighted by molar-refractivity contribution is 0.0944. The summed E-state index contributed by atoms with van der Waals surface area (Å²) in [7, 11) is 0. The number of carbonyl (C=O) groups excluding carboxylic acids is 2. The molecule has 6 heteroatoms. The number of carbonyl (C=O) groups is 2. The molecule has 2 N–H and O–H groups in total. The molecule has 2 amide bonds. The van der Waals surface area contributed by atoms with Crippen molar-refractivity contribution in [3.8, 4) is 11.4 Å². The number of rotatable bonds is 13. The summed E-state index contributed by atoms with van der Waals surface area (Å²) in [6.45, 7) is 5.67. The lowest BCUT2D eigenvalue weighted by atomic mass is 10.1. The molecule has 0 aromatic carbocycles. The minimum Gasteiger partial charge on any atom is -0.352 e. The average Bonchev–Trinajstić information content (AvgIpc) is 2.78. The highest BCUT2D eigenvalue weighted by Gasteiger charge is 2.11. The lowest BCUT2D eigenvalue weighted by Gasteiger charge is -2.08. The van der Waals surface area contributed by atoms with Crippen molar-refractivity contribution >= 4 is 11.8 Å². The summed E-state index contributed by atoms with van der Waals surface area (Å²) >= 11 is 0. The van der Waals surface area contributed by atoms with E-state index in [1.54, 1.807) is 36.7 Å². The second-order valence-corrected chi connectivity index (χ2v) is 7.49. The van der Waals surface area contributed by atoms with Crippen LogP contribution in [0.5, 0.6) is 0 Å². The first kappa shape index (κ1) is 23.5. The minimum absolute atomic E-state index is 0.115. The van der Waals surface area contributed by atoms with E-state index in [2.05, 4.69) is 34.4 Å². The monoisotopic (exact) mass is 410 g/mol. The summed E-state index contributed by atoms with van der Waals surface area (Å²) < 4.78 is 0. The Hall–Kier alpha value is -2.76. The minimum atomic E-state index is -0.115. The molecule has 0 fully saturated rings. The average molecular weight is 411 g/mol. The smallest absolute Gasteiger partial charge is 0.251 e. The summed E-state index contributed by atoms with van der Waals surface area (Å²) in [5.41, 5.74) is 2.24. The van der Waals surface area contributed by atoms with Gasteiger partial charge in [0.25, 0.3) is 11.8 Å². The quantitative estimate of drug-likeness (QED) is 0.466. The molecular weight excluding hydrogens is 376 g/mol. The van der Waals surface area contributed by atoms with Crippen molar-refractivity contribution in [1.82, 2.24) is 20.6 Å². The number of amides is 2. The molecule has 0 saturated carbocycles. The molecule has 0 unspecified atom stereocenters. The van der Waals surface area contributed by atoms with Gasteiger partial charge in [-0.3, -0.25) is 19.6 Å². The molecular formula is C24H34N4O2. The summed E-state index contributed by atoms with van der Waals surface area (Å²) in [6.07, 6.45) is 12.1. The summed E-state index contributed by atoms with van der Waals surface area (Å²) in [6, 6.07) is 6.82. The molecule has 30 heavy (non-hydrogen) atoms. The van der Waals surface area contributed by atoms with Crippen LogP contribution in [0, 0.1) is 0 Å². The van der Waals surface area contributed by atoms with Gasteiger partial charge in [-0.05, 0) is 37.1 Å². The fourth-order valence-electron chi connectivity index (χ4n) is 3.14. The number of nitrogens with zero attached hydrogens (tertiary/aromatic N) is 2. The molecule has 0 spiro atoms. The van der Waals surface area contributed by atoms with E-state index in [1.165, 1.54) is 25.7 Å². The Labute approximate surface area is 179 Å². The van der Waals surface area contributed by atoms with Crippen LogP contribution >= 0.6 is 0 Å². The van der Waals surface area contributed by atoms with Gasteiger partial charge in [-0.25, -0.2) is 0 Å². The second-order valence-electron chi connectivity index (χ2n) is 7.49. The SMILES string of the molecule is CCCCCCNC(=O)c1ccnc(-c2cc(C(=O)NCCCCCC)ccn2)c1. The standard InChI is InChI=1S/C24H34N4O2/c1-3-5-7-9-13-27-23(29)19-11-15-25-21(17-19)22-18-20(12-16-26-22)24(30)28-14-10-8-6-4-2/h11-12,15-18H,3-10,13-14H2,1-2H3,(H,27,29)(H,28,30). The Morgan fingerprint density at radius 1 is 0.700 bits per heavy atom. The molecule has 0 aliphatic heterocycles. The number of hydrogen-bond donors (Lipinski definition) is 2. The molecule has 2 aromatic rings. The van der Waals surface area contributed by atoms with Gasteiger partial charge in [0, 0.05) is 36.6 Å². The molecule has 162 valence electrons. The first-order valence-corrected chi connectivity index (χ1v) is 11.1. The van der Waals surface area contributed by atoms with E-state index in [0.717, 1.165) is 25.7 Å². The maximum Gasteiger partial charge on any atom is 0.251 e. The Morgan fingerprint density at radius 2 is 1.13 bits per heavy atom. The van der Waals surface area contributed by atoms with Crippen LogP contribution in [-0.2, 0) is 0 Å². The first-order valence-electron chi connectivity index (χ1n) is 11.1. The predicted molar refractivity (Wildman–Crippen MR) is 120 cm³/mol. The molecule has 2 aromatic heterocycles. The van der Waals surface area contributed by atoms with E-state index in [1.807, 2.05) is 0 Å². The van der Waals surface area contributed by atoms with Crippen molar-refractivity contribution in [3.05, 3.63) is 47.8 Å². The van der Waals surface area contributed by atoms with Crippen molar-refractivity contribution in [1.29, 1.82) is 0 Å². The number of unbranched alkanes of at least 4 members (excludes halogenated alkanes) is 6. The molecule has 0 aliphatic carbocycles. The van der Waals surface area contributed by atoms with E-state index in [0.29, 0.717) is 35.6 Å². The summed E-state index contributed by atoms with van der Waals surface area (Å²) in [4.78, 5) is 33.5. The normalized spacial score (nSPS) is 10.6. The molecule has 0 atom stereocenters. The van der Waals surface area contributed by atoms with E-state index >= 15 is 0 Å². The van der Waals surface area contributed by atoms with Crippen molar-refractivity contribution in [2.45, 2.75) is 65.2 Å². The van der Waals surface area contributed by atoms with E-state index < -0.39 is 0 Å². The Kier molecular flexibility index (Phi) is 10.6. The molecule has 0 bridgehead atoms. The molecule has 2 rings (SSSR count). The highest BCUT2D eigenvalue weighted by atomic mass is 16.2. The molecule has 6 nitrogen and oxygen atoms in total. The third-order valence-corrected chi connectivity index (χ3v) is 4.94. The summed E-state index contributed by atoms with van der Waals surface area (Å²) in [5, 5.41) is 5.91. The number of nitrogens with one attached hydrogen (secondary N) is 2. The van der Waals surface area contributed by atoms with Crippen LogP contribution in [0.1, 0.15) is 85.9 Å². The Bertz CT molecular complexity index is 740. The fourth-order valence-corrected chi connectivity index (χ4v) is 3.14. The molecule has 0 saturated heterocycles. The second kappa shape index (κ2) is 13.5. The van der Waals surface area contributed by atoms with Crippen LogP contribution < -0.4 is 10.6 Å². The van der Waals surface area contributed by atoms with Gasteiger partial charge in [0.15, 0.2) is 0 Å². The predicted octanol–water partition coefficient (Wildman–Crippen LogP) is 4.76. The molecule has 0 aliphatic rings. The van der Waals surface area contributed by atoms with Crippen LogP contribution in [-0.4, -0.2) is 34.9 Å². The third-order valence-electron chi connectivity index (χ3n) is 4.94. The van der Waals surface area contributed by atoms with Gasteiger partial charge >= 0.3 is 0 Å². The Balaban J connectivity index is 1.97. The number of pyridine rings is 2. The largest absolute Gasteiger partial charge is 0.352 e. The topological polar surface area (TPSA) is 84.0 Å². The van der Waals surface area contributed by atoms with E-state index in [9.17, 15) is 9.59 Å². The van der Waals surface area contributed by atoms with Crippen LogP contribution in [0.15, 0.2) is 36.7 Å². The van der Waals surface area contributed by atoms with Gasteiger partial charge in [0.1, 0.15) is 0 Å². The number of hydrogen-bond acceptors (Lipinski definition) is 4. The van der Waals surface area contributed by atoms with Crippen LogP contribution in [0.2, 0.25) is 0 Å². The van der Waals surface area contributed by atoms with E-state index in [4.69, 9.17) is 0 Å². The summed E-state index contributed by atoms with van der Waals surface area (Å²) in [5.74, 6) is -0.229. The Morgan fingerprint density at radius 3 is 1.53 bits per heavy atom. The maximum absolute atomic E-state index is 12.4. The zero-order valence-corrected chi connectivity index (χ0v) is 18.2. The molecule has 2 heterocycles. The highest BCUT2D eigenvalue weighted by Crippen LogP contribution is 2.17.